The van der Waals surface area contributed by atoms with E-state index in [9.17, 15) is 33.9 Å². The highest BCUT2D eigenvalue weighted by atomic mass is 16.6. The summed E-state index contributed by atoms with van der Waals surface area (Å²) >= 11 is 0. The van der Waals surface area contributed by atoms with E-state index in [1.54, 1.807) is 45.0 Å². The van der Waals surface area contributed by atoms with Crippen molar-refractivity contribution in [2.75, 3.05) is 0 Å². The van der Waals surface area contributed by atoms with Crippen LogP contribution in [0.15, 0.2) is 60.7 Å². The Hall–Kier alpha value is -4.94. The summed E-state index contributed by atoms with van der Waals surface area (Å²) in [6.07, 6.45) is 5.11. The Balaban J connectivity index is 1.85. The Bertz CT molecular complexity index is 1610. The number of benzene rings is 2. The Morgan fingerprint density at radius 1 is 0.596 bits per heavy atom. The van der Waals surface area contributed by atoms with Crippen LogP contribution >= 0.6 is 0 Å². The van der Waals surface area contributed by atoms with Crippen molar-refractivity contribution in [3.05, 3.63) is 71.8 Å². The number of carboxylic acid groups (broad SMARTS) is 1. The van der Waals surface area contributed by atoms with Crippen molar-refractivity contribution in [1.82, 2.24) is 26.6 Å². The zero-order chi connectivity index (χ0) is 42.1. The molecule has 0 unspecified atom stereocenters. The number of hydrogen-bond acceptors (Lipinski definition) is 7. The fourth-order valence-electron chi connectivity index (χ4n) is 7.04. The van der Waals surface area contributed by atoms with Crippen LogP contribution in [-0.2, 0) is 41.6 Å². The highest BCUT2D eigenvalue weighted by Gasteiger charge is 2.35. The van der Waals surface area contributed by atoms with Gasteiger partial charge in [-0.25, -0.2) is 9.59 Å². The molecule has 1 aliphatic carbocycles. The van der Waals surface area contributed by atoms with Gasteiger partial charge in [0, 0.05) is 12.8 Å². The SMILES string of the molecule is CC(C)C[C@@H](NC(=O)[C@H](CC1CCCCC1)NC(=O)[C@@H](CC(C)C)NC(=O)[C@H](Cc1ccccc1)NC(=O)OC(C)(C)C)C(=O)N[C@@H](Cc1ccccc1)C(=O)O. The highest BCUT2D eigenvalue weighted by molar-refractivity contribution is 5.96. The first-order valence-corrected chi connectivity index (χ1v) is 20.4. The molecule has 0 heterocycles. The third-order valence-corrected chi connectivity index (χ3v) is 9.79. The molecule has 2 aromatic carbocycles. The van der Waals surface area contributed by atoms with Gasteiger partial charge in [-0.15, -0.1) is 0 Å². The van der Waals surface area contributed by atoms with Gasteiger partial charge in [0.2, 0.25) is 23.6 Å². The number of carbonyl (C=O) groups is 6. The van der Waals surface area contributed by atoms with Crippen molar-refractivity contribution in [3.8, 4) is 0 Å². The summed E-state index contributed by atoms with van der Waals surface area (Å²) in [5.74, 6) is -3.46. The molecule has 3 rings (SSSR count). The number of rotatable bonds is 20. The summed E-state index contributed by atoms with van der Waals surface area (Å²) in [6.45, 7) is 12.8. The predicted octanol–water partition coefficient (Wildman–Crippen LogP) is 5.45. The number of alkyl carbamates (subject to hydrolysis) is 1. The Labute approximate surface area is 338 Å². The molecule has 314 valence electrons. The van der Waals surface area contributed by atoms with E-state index < -0.39 is 71.5 Å². The van der Waals surface area contributed by atoms with Gasteiger partial charge in [-0.05, 0) is 68.9 Å². The standard InChI is InChI=1S/C44H65N5O8/c1-28(2)23-33(46-41(53)36(26-31-19-13-9-14-20-31)49-43(56)57-44(5,6)7)38(50)47-35(25-30-17-11-8-12-18-30)40(52)45-34(24-29(3)4)39(51)48-37(42(54)55)27-32-21-15-10-16-22-32/h9-10,13-16,19-22,28-30,33-37H,8,11-12,17-18,23-27H2,1-7H3,(H,45,52)(H,46,53)(H,47,50)(H,48,51)(H,49,56)(H,54,55)/t33-,34-,35+,36+,37+/m1/s1. The first kappa shape index (κ1) is 46.4. The maximum absolute atomic E-state index is 14.2. The monoisotopic (exact) mass is 791 g/mol. The van der Waals surface area contributed by atoms with E-state index in [4.69, 9.17) is 4.74 Å². The van der Waals surface area contributed by atoms with Crippen LogP contribution in [0, 0.1) is 17.8 Å². The summed E-state index contributed by atoms with van der Waals surface area (Å²) in [5.41, 5.74) is 0.721. The molecule has 0 aliphatic heterocycles. The average Bonchev–Trinajstić information content (AvgIpc) is 3.13. The zero-order valence-electron chi connectivity index (χ0n) is 34.8. The lowest BCUT2D eigenvalue weighted by molar-refractivity contribution is -0.142. The van der Waals surface area contributed by atoms with Crippen molar-refractivity contribution in [2.24, 2.45) is 17.8 Å². The van der Waals surface area contributed by atoms with Gasteiger partial charge in [0.15, 0.2) is 0 Å². The molecular formula is C44H65N5O8. The molecule has 0 spiro atoms. The molecule has 5 amide bonds. The molecule has 0 radical (unpaired) electrons. The molecule has 2 aromatic rings. The zero-order valence-corrected chi connectivity index (χ0v) is 34.8. The summed E-state index contributed by atoms with van der Waals surface area (Å²) in [7, 11) is 0. The number of hydrogen-bond donors (Lipinski definition) is 6. The first-order chi connectivity index (χ1) is 26.9. The molecule has 0 aromatic heterocycles. The van der Waals surface area contributed by atoms with E-state index in [0.717, 1.165) is 43.2 Å². The normalized spacial score (nSPS) is 16.0. The summed E-state index contributed by atoms with van der Waals surface area (Å²) in [5, 5.41) is 23.9. The van der Waals surface area contributed by atoms with Crippen LogP contribution in [0.2, 0.25) is 0 Å². The van der Waals surface area contributed by atoms with E-state index in [1.807, 2.05) is 64.1 Å². The second-order valence-corrected chi connectivity index (χ2v) is 17.2. The van der Waals surface area contributed by atoms with Crippen LogP contribution in [0.5, 0.6) is 0 Å². The van der Waals surface area contributed by atoms with E-state index >= 15 is 0 Å². The minimum absolute atomic E-state index is 0.0322. The number of carboxylic acids is 1. The average molecular weight is 792 g/mol. The van der Waals surface area contributed by atoms with Gasteiger partial charge >= 0.3 is 12.1 Å². The molecule has 13 nitrogen and oxygen atoms in total. The lowest BCUT2D eigenvalue weighted by Crippen LogP contribution is -2.59. The van der Waals surface area contributed by atoms with Crippen LogP contribution in [0.4, 0.5) is 4.79 Å². The highest BCUT2D eigenvalue weighted by Crippen LogP contribution is 2.28. The molecule has 1 saturated carbocycles. The van der Waals surface area contributed by atoms with Gasteiger partial charge in [0.1, 0.15) is 35.8 Å². The maximum Gasteiger partial charge on any atom is 0.408 e. The van der Waals surface area contributed by atoms with Crippen molar-refractivity contribution in [1.29, 1.82) is 0 Å². The molecular weight excluding hydrogens is 727 g/mol. The van der Waals surface area contributed by atoms with E-state index in [1.165, 1.54) is 0 Å². The van der Waals surface area contributed by atoms with Crippen molar-refractivity contribution in [3.63, 3.8) is 0 Å². The topological polar surface area (TPSA) is 192 Å². The first-order valence-electron chi connectivity index (χ1n) is 20.4. The van der Waals surface area contributed by atoms with Gasteiger partial charge in [-0.3, -0.25) is 19.2 Å². The maximum atomic E-state index is 14.2. The number of nitrogens with one attached hydrogen (secondary N) is 5. The second-order valence-electron chi connectivity index (χ2n) is 17.2. The molecule has 0 saturated heterocycles. The van der Waals surface area contributed by atoms with Gasteiger partial charge in [-0.2, -0.15) is 0 Å². The summed E-state index contributed by atoms with van der Waals surface area (Å²) < 4.78 is 5.44. The van der Waals surface area contributed by atoms with Crippen LogP contribution in [-0.4, -0.2) is 76.6 Å². The molecule has 0 bridgehead atoms. The fraction of sp³-hybridized carbons (Fsp3) is 0.591. The summed E-state index contributed by atoms with van der Waals surface area (Å²) in [4.78, 5) is 81.1. The van der Waals surface area contributed by atoms with Crippen LogP contribution < -0.4 is 26.6 Å². The number of amides is 5. The third-order valence-electron chi connectivity index (χ3n) is 9.79. The largest absolute Gasteiger partial charge is 0.480 e. The Morgan fingerprint density at radius 3 is 1.44 bits per heavy atom. The minimum atomic E-state index is -1.22. The van der Waals surface area contributed by atoms with Crippen molar-refractivity contribution >= 4 is 35.7 Å². The van der Waals surface area contributed by atoms with Gasteiger partial charge in [0.25, 0.3) is 0 Å². The van der Waals surface area contributed by atoms with Crippen molar-refractivity contribution in [2.45, 2.75) is 148 Å². The number of ether oxygens (including phenoxy) is 1. The second kappa shape index (κ2) is 22.7. The van der Waals surface area contributed by atoms with Gasteiger partial charge in [-0.1, -0.05) is 120 Å². The number of aliphatic carboxylic acids is 1. The van der Waals surface area contributed by atoms with Crippen LogP contribution in [0.1, 0.15) is 111 Å². The Morgan fingerprint density at radius 2 is 1.00 bits per heavy atom. The third kappa shape index (κ3) is 17.4. The van der Waals surface area contributed by atoms with Gasteiger partial charge < -0.3 is 36.4 Å². The molecule has 1 fully saturated rings. The van der Waals surface area contributed by atoms with E-state index in [2.05, 4.69) is 26.6 Å². The fourth-order valence-corrected chi connectivity index (χ4v) is 7.04. The smallest absolute Gasteiger partial charge is 0.408 e. The molecule has 5 atom stereocenters. The minimum Gasteiger partial charge on any atom is -0.480 e. The van der Waals surface area contributed by atoms with Gasteiger partial charge in [0.05, 0.1) is 0 Å². The Kier molecular flexibility index (Phi) is 18.5. The molecule has 13 heteroatoms. The predicted molar refractivity (Wildman–Crippen MR) is 219 cm³/mol. The lowest BCUT2D eigenvalue weighted by atomic mass is 9.84. The molecule has 1 aliphatic rings. The molecule has 6 N–H and O–H groups in total. The molecule has 57 heavy (non-hydrogen) atoms. The van der Waals surface area contributed by atoms with E-state index in [-0.39, 0.29) is 43.4 Å². The summed E-state index contributed by atoms with van der Waals surface area (Å²) in [6, 6.07) is 12.7. The quantitative estimate of drug-likeness (QED) is 0.102. The van der Waals surface area contributed by atoms with Crippen LogP contribution in [0.3, 0.4) is 0 Å². The van der Waals surface area contributed by atoms with E-state index in [0.29, 0.717) is 6.42 Å². The number of carbonyl (C=O) groups excluding carboxylic acids is 5. The lowest BCUT2D eigenvalue weighted by Gasteiger charge is -2.30. The van der Waals surface area contributed by atoms with Crippen molar-refractivity contribution < 1.29 is 38.6 Å². The van der Waals surface area contributed by atoms with Crippen LogP contribution in [0.25, 0.3) is 0 Å².